The van der Waals surface area contributed by atoms with Gasteiger partial charge in [-0.25, -0.2) is 13.2 Å². The number of carbonyl (C=O) groups excluding carboxylic acids is 2. The van der Waals surface area contributed by atoms with Crippen molar-refractivity contribution < 1.29 is 27.5 Å². The van der Waals surface area contributed by atoms with Crippen LogP contribution in [0.1, 0.15) is 29.3 Å². The minimum absolute atomic E-state index is 0.0151. The first-order valence-electron chi connectivity index (χ1n) is 7.97. The lowest BCUT2D eigenvalue weighted by Gasteiger charge is -2.27. The Labute approximate surface area is 147 Å². The van der Waals surface area contributed by atoms with Crippen LogP contribution in [0, 0.1) is 6.92 Å². The standard InChI is InChI=1S/C17H23NO6S/c1-11-5-6-13(17(20)23-4)9-15(11)24-12(2)16(19)18(3)14-7-8-25(21,22)10-14/h5-6,9,12,14H,7-8,10H2,1-4H3/t12-,14-/m1/s1. The minimum atomic E-state index is -3.07. The largest absolute Gasteiger partial charge is 0.481 e. The van der Waals surface area contributed by atoms with Crippen LogP contribution in [-0.2, 0) is 19.4 Å². The van der Waals surface area contributed by atoms with Crippen LogP contribution in [0.3, 0.4) is 0 Å². The number of amides is 1. The number of likely N-dealkylation sites (N-methyl/N-ethyl adjacent to an activating group) is 1. The Balaban J connectivity index is 2.09. The predicted molar refractivity (Wildman–Crippen MR) is 92.4 cm³/mol. The van der Waals surface area contributed by atoms with Crippen molar-refractivity contribution in [2.24, 2.45) is 0 Å². The summed E-state index contributed by atoms with van der Waals surface area (Å²) in [5, 5.41) is 0. The summed E-state index contributed by atoms with van der Waals surface area (Å²) in [5.74, 6) is -0.290. The second kappa shape index (κ2) is 7.43. The molecule has 2 atom stereocenters. The zero-order valence-corrected chi connectivity index (χ0v) is 15.6. The first kappa shape index (κ1) is 19.2. The maximum atomic E-state index is 12.5. The Morgan fingerprint density at radius 1 is 1.32 bits per heavy atom. The number of carbonyl (C=O) groups is 2. The number of aryl methyl sites for hydroxylation is 1. The fourth-order valence-corrected chi connectivity index (χ4v) is 4.53. The SMILES string of the molecule is COC(=O)c1ccc(C)c(O[C@H](C)C(=O)N(C)[C@@H]2CCS(=O)(=O)C2)c1. The van der Waals surface area contributed by atoms with Gasteiger partial charge >= 0.3 is 5.97 Å². The summed E-state index contributed by atoms with van der Waals surface area (Å²) in [6.45, 7) is 3.41. The normalized spacial score (nSPS) is 19.9. The molecule has 0 N–H and O–H groups in total. The number of hydrogen-bond acceptors (Lipinski definition) is 6. The summed E-state index contributed by atoms with van der Waals surface area (Å²) in [5.41, 5.74) is 1.11. The van der Waals surface area contributed by atoms with Gasteiger partial charge in [-0.3, -0.25) is 4.79 Å². The van der Waals surface area contributed by atoms with Crippen LogP contribution < -0.4 is 4.74 Å². The van der Waals surface area contributed by atoms with Gasteiger partial charge in [-0.1, -0.05) is 6.07 Å². The minimum Gasteiger partial charge on any atom is -0.481 e. The molecule has 1 aromatic carbocycles. The Bertz CT molecular complexity index is 773. The third-order valence-electron chi connectivity index (χ3n) is 4.36. The van der Waals surface area contributed by atoms with Gasteiger partial charge in [0.2, 0.25) is 0 Å². The second-order valence-corrected chi connectivity index (χ2v) is 8.47. The van der Waals surface area contributed by atoms with E-state index >= 15 is 0 Å². The van der Waals surface area contributed by atoms with E-state index in [0.717, 1.165) is 5.56 Å². The van der Waals surface area contributed by atoms with E-state index in [1.165, 1.54) is 18.1 Å². The van der Waals surface area contributed by atoms with Gasteiger partial charge in [-0.2, -0.15) is 0 Å². The van der Waals surface area contributed by atoms with Gasteiger partial charge in [-0.05, 0) is 38.0 Å². The van der Waals surface area contributed by atoms with Crippen LogP contribution in [0.2, 0.25) is 0 Å². The molecule has 1 aromatic rings. The Morgan fingerprint density at radius 3 is 2.56 bits per heavy atom. The Hall–Kier alpha value is -2.09. The van der Waals surface area contributed by atoms with Crippen LogP contribution >= 0.6 is 0 Å². The maximum absolute atomic E-state index is 12.5. The molecule has 0 bridgehead atoms. The molecule has 25 heavy (non-hydrogen) atoms. The summed E-state index contributed by atoms with van der Waals surface area (Å²) in [7, 11) is -0.190. The van der Waals surface area contributed by atoms with Gasteiger partial charge in [0.05, 0.1) is 24.2 Å². The molecule has 0 unspecified atom stereocenters. The molecule has 8 heteroatoms. The highest BCUT2D eigenvalue weighted by atomic mass is 32.2. The van der Waals surface area contributed by atoms with Gasteiger partial charge in [0.25, 0.3) is 5.91 Å². The fraction of sp³-hybridized carbons (Fsp3) is 0.529. The molecule has 2 rings (SSSR count). The van der Waals surface area contributed by atoms with E-state index in [-0.39, 0.29) is 23.5 Å². The number of benzene rings is 1. The molecule has 0 saturated carbocycles. The van der Waals surface area contributed by atoms with Gasteiger partial charge in [0.15, 0.2) is 15.9 Å². The average Bonchev–Trinajstić information content (AvgIpc) is 2.94. The number of nitrogens with zero attached hydrogens (tertiary/aromatic N) is 1. The van der Waals surface area contributed by atoms with Crippen LogP contribution in [0.4, 0.5) is 0 Å². The molecule has 1 aliphatic heterocycles. The summed E-state index contributed by atoms with van der Waals surface area (Å²) in [6.07, 6.45) is -0.367. The van der Waals surface area contributed by atoms with Crippen molar-refractivity contribution in [2.45, 2.75) is 32.4 Å². The van der Waals surface area contributed by atoms with E-state index in [0.29, 0.717) is 17.7 Å². The van der Waals surface area contributed by atoms with Crippen molar-refractivity contribution in [1.29, 1.82) is 0 Å². The quantitative estimate of drug-likeness (QED) is 0.725. The van der Waals surface area contributed by atoms with Crippen LogP contribution in [0.15, 0.2) is 18.2 Å². The molecule has 138 valence electrons. The number of rotatable bonds is 5. The topological polar surface area (TPSA) is 90.0 Å². The van der Waals surface area contributed by atoms with Crippen molar-refractivity contribution in [3.05, 3.63) is 29.3 Å². The molecule has 1 aliphatic rings. The lowest BCUT2D eigenvalue weighted by molar-refractivity contribution is -0.138. The lowest BCUT2D eigenvalue weighted by Crippen LogP contribution is -2.44. The highest BCUT2D eigenvalue weighted by molar-refractivity contribution is 7.91. The summed E-state index contributed by atoms with van der Waals surface area (Å²) >= 11 is 0. The van der Waals surface area contributed by atoms with Crippen molar-refractivity contribution in [2.75, 3.05) is 25.7 Å². The van der Waals surface area contributed by atoms with Gasteiger partial charge in [0, 0.05) is 13.1 Å². The predicted octanol–water partition coefficient (Wildman–Crippen LogP) is 1.19. The van der Waals surface area contributed by atoms with E-state index in [2.05, 4.69) is 4.74 Å². The molecule has 1 amide bonds. The van der Waals surface area contributed by atoms with E-state index in [4.69, 9.17) is 4.74 Å². The third-order valence-corrected chi connectivity index (χ3v) is 6.11. The van der Waals surface area contributed by atoms with E-state index in [1.54, 1.807) is 33.0 Å². The third kappa shape index (κ3) is 4.50. The maximum Gasteiger partial charge on any atom is 0.337 e. The zero-order valence-electron chi connectivity index (χ0n) is 14.8. The van der Waals surface area contributed by atoms with Crippen LogP contribution in [0.5, 0.6) is 5.75 Å². The average molecular weight is 369 g/mol. The fourth-order valence-electron chi connectivity index (χ4n) is 2.76. The van der Waals surface area contributed by atoms with E-state index < -0.39 is 21.9 Å². The highest BCUT2D eigenvalue weighted by Gasteiger charge is 2.34. The van der Waals surface area contributed by atoms with Crippen molar-refractivity contribution in [3.63, 3.8) is 0 Å². The number of esters is 1. The molecule has 1 saturated heterocycles. The number of ether oxygens (including phenoxy) is 2. The smallest absolute Gasteiger partial charge is 0.337 e. The van der Waals surface area contributed by atoms with Crippen molar-refractivity contribution in [3.8, 4) is 5.75 Å². The number of methoxy groups -OCH3 is 1. The Kier molecular flexibility index (Phi) is 5.72. The molecular weight excluding hydrogens is 346 g/mol. The summed E-state index contributed by atoms with van der Waals surface area (Å²) in [6, 6.07) is 4.54. The summed E-state index contributed by atoms with van der Waals surface area (Å²) < 4.78 is 33.6. The highest BCUT2D eigenvalue weighted by Crippen LogP contribution is 2.23. The molecule has 0 aromatic heterocycles. The van der Waals surface area contributed by atoms with E-state index in [9.17, 15) is 18.0 Å². The van der Waals surface area contributed by atoms with Gasteiger partial charge < -0.3 is 14.4 Å². The second-order valence-electron chi connectivity index (χ2n) is 6.24. The molecular formula is C17H23NO6S. The van der Waals surface area contributed by atoms with E-state index in [1.807, 2.05) is 0 Å². The first-order valence-corrected chi connectivity index (χ1v) is 9.79. The molecule has 1 fully saturated rings. The zero-order chi connectivity index (χ0) is 18.8. The molecule has 7 nitrogen and oxygen atoms in total. The van der Waals surface area contributed by atoms with Crippen molar-refractivity contribution >= 4 is 21.7 Å². The van der Waals surface area contributed by atoms with Gasteiger partial charge in [-0.15, -0.1) is 0 Å². The Morgan fingerprint density at radius 2 is 2.00 bits per heavy atom. The summed E-state index contributed by atoms with van der Waals surface area (Å²) in [4.78, 5) is 25.6. The van der Waals surface area contributed by atoms with Crippen molar-refractivity contribution in [1.82, 2.24) is 4.90 Å². The monoisotopic (exact) mass is 369 g/mol. The molecule has 0 spiro atoms. The molecule has 0 aliphatic carbocycles. The number of hydrogen-bond donors (Lipinski definition) is 0. The first-order chi connectivity index (χ1) is 11.6. The molecule has 1 heterocycles. The lowest BCUT2D eigenvalue weighted by atomic mass is 10.1. The number of sulfone groups is 1. The van der Waals surface area contributed by atoms with Crippen LogP contribution in [-0.4, -0.2) is 63.0 Å². The van der Waals surface area contributed by atoms with Crippen LogP contribution in [0.25, 0.3) is 0 Å². The van der Waals surface area contributed by atoms with Gasteiger partial charge in [0.1, 0.15) is 5.75 Å². The molecule has 0 radical (unpaired) electrons.